The van der Waals surface area contributed by atoms with Gasteiger partial charge in [-0.15, -0.1) is 11.3 Å². The molecule has 0 N–H and O–H groups in total. The fraction of sp³-hybridized carbons (Fsp3) is 0.214. The molecule has 39 heavy (non-hydrogen) atoms. The number of nitro benzene ring substituents is 1. The molecular formula is C28H24N2O7S2. The number of carbonyl (C=O) groups excluding carboxylic acids is 3. The average Bonchev–Trinajstić information content (AvgIpc) is 3.24. The van der Waals surface area contributed by atoms with E-state index in [1.54, 1.807) is 32.9 Å². The van der Waals surface area contributed by atoms with Crippen LogP contribution in [0.2, 0.25) is 0 Å². The van der Waals surface area contributed by atoms with Gasteiger partial charge in [0.25, 0.3) is 5.69 Å². The van der Waals surface area contributed by atoms with Crippen LogP contribution in [0.1, 0.15) is 49.9 Å². The van der Waals surface area contributed by atoms with Gasteiger partial charge in [-0.2, -0.15) is 5.26 Å². The van der Waals surface area contributed by atoms with E-state index in [-0.39, 0.29) is 46.2 Å². The number of ether oxygens (including phenoxy) is 2. The van der Waals surface area contributed by atoms with Crippen molar-refractivity contribution in [3.63, 3.8) is 0 Å². The van der Waals surface area contributed by atoms with Crippen LogP contribution in [0.5, 0.6) is 0 Å². The third-order valence-corrected chi connectivity index (χ3v) is 7.71. The monoisotopic (exact) mass is 564 g/mol. The largest absolute Gasteiger partial charge is 0.462 e. The smallest absolute Gasteiger partial charge is 0.348 e. The summed E-state index contributed by atoms with van der Waals surface area (Å²) in [6.45, 7) is 5.08. The van der Waals surface area contributed by atoms with E-state index in [1.165, 1.54) is 23.9 Å². The van der Waals surface area contributed by atoms with Crippen molar-refractivity contribution in [2.45, 2.75) is 37.0 Å². The highest BCUT2D eigenvalue weighted by atomic mass is 32.2. The summed E-state index contributed by atoms with van der Waals surface area (Å²) in [5.74, 6) is -1.93. The molecule has 0 aliphatic heterocycles. The van der Waals surface area contributed by atoms with Gasteiger partial charge in [0.15, 0.2) is 5.78 Å². The first-order chi connectivity index (χ1) is 18.7. The molecule has 0 radical (unpaired) electrons. The number of hydrogen-bond acceptors (Lipinski definition) is 10. The first kappa shape index (κ1) is 29.3. The molecule has 1 aromatic heterocycles. The molecule has 0 spiro atoms. The highest BCUT2D eigenvalue weighted by Crippen LogP contribution is 2.36. The Balaban J connectivity index is 1.94. The van der Waals surface area contributed by atoms with Crippen LogP contribution >= 0.6 is 23.1 Å². The highest BCUT2D eigenvalue weighted by molar-refractivity contribution is 7.99. The second kappa shape index (κ2) is 13.5. The minimum Gasteiger partial charge on any atom is -0.462 e. The fourth-order valence-corrected chi connectivity index (χ4v) is 5.72. The molecule has 3 rings (SSSR count). The lowest BCUT2D eigenvalue weighted by Gasteiger charge is -2.06. The lowest BCUT2D eigenvalue weighted by molar-refractivity contribution is -0.387. The van der Waals surface area contributed by atoms with Gasteiger partial charge in [0.2, 0.25) is 0 Å². The van der Waals surface area contributed by atoms with Gasteiger partial charge in [-0.25, -0.2) is 9.59 Å². The van der Waals surface area contributed by atoms with E-state index in [0.717, 1.165) is 16.2 Å². The Bertz CT molecular complexity index is 1490. The van der Waals surface area contributed by atoms with Crippen LogP contribution in [0.3, 0.4) is 0 Å². The van der Waals surface area contributed by atoms with Gasteiger partial charge in [0.05, 0.1) is 34.2 Å². The van der Waals surface area contributed by atoms with Crippen LogP contribution in [0.4, 0.5) is 5.69 Å². The van der Waals surface area contributed by atoms with E-state index in [0.29, 0.717) is 16.0 Å². The van der Waals surface area contributed by atoms with Gasteiger partial charge < -0.3 is 9.47 Å². The van der Waals surface area contributed by atoms with Crippen molar-refractivity contribution >= 4 is 52.6 Å². The second-order valence-electron chi connectivity index (χ2n) is 7.96. The van der Waals surface area contributed by atoms with E-state index >= 15 is 0 Å². The van der Waals surface area contributed by atoms with Crippen LogP contribution < -0.4 is 0 Å². The minimum atomic E-state index is -0.686. The van der Waals surface area contributed by atoms with Crippen molar-refractivity contribution in [2.75, 3.05) is 13.2 Å². The van der Waals surface area contributed by atoms with Gasteiger partial charge in [-0.05, 0) is 56.2 Å². The molecule has 0 fully saturated rings. The molecular weight excluding hydrogens is 540 g/mol. The molecule has 0 unspecified atom stereocenters. The Morgan fingerprint density at radius 1 is 1.08 bits per heavy atom. The maximum Gasteiger partial charge on any atom is 0.348 e. The molecule has 0 aliphatic rings. The Morgan fingerprint density at radius 3 is 2.36 bits per heavy atom. The zero-order valence-corrected chi connectivity index (χ0v) is 23.0. The number of nitro groups is 1. The summed E-state index contributed by atoms with van der Waals surface area (Å²) in [6, 6.07) is 15.5. The van der Waals surface area contributed by atoms with E-state index in [4.69, 9.17) is 9.47 Å². The number of hydrogen-bond donors (Lipinski definition) is 0. The highest BCUT2D eigenvalue weighted by Gasteiger charge is 2.28. The van der Waals surface area contributed by atoms with E-state index in [9.17, 15) is 29.8 Å². The Labute approximate surface area is 233 Å². The van der Waals surface area contributed by atoms with Gasteiger partial charge in [0, 0.05) is 22.3 Å². The molecule has 0 aliphatic carbocycles. The number of thiophene rings is 1. The second-order valence-corrected chi connectivity index (χ2v) is 10.2. The SMILES string of the molecule is CCOC(=O)c1sc(CC(=O)/C(C#N)=C\c2ccc(Sc3ccccc3)c([N+](=O)[O-])c2)c(C(=O)OCC)c1C. The first-order valence-electron chi connectivity index (χ1n) is 11.8. The molecule has 0 bridgehead atoms. The first-order valence-corrected chi connectivity index (χ1v) is 13.5. The molecule has 2 aromatic carbocycles. The minimum absolute atomic E-state index is 0.0912. The maximum absolute atomic E-state index is 13.1. The third-order valence-electron chi connectivity index (χ3n) is 5.36. The zero-order chi connectivity index (χ0) is 28.5. The molecule has 200 valence electrons. The number of nitrogens with zero attached hydrogens (tertiary/aromatic N) is 2. The number of Topliss-reactive ketones (excluding diaryl/α,β-unsaturated/α-hetero) is 1. The summed E-state index contributed by atoms with van der Waals surface area (Å²) in [4.78, 5) is 51.0. The summed E-state index contributed by atoms with van der Waals surface area (Å²) in [7, 11) is 0. The number of benzene rings is 2. The summed E-state index contributed by atoms with van der Waals surface area (Å²) in [5, 5.41) is 21.4. The van der Waals surface area contributed by atoms with Gasteiger partial charge in [-0.1, -0.05) is 36.0 Å². The molecule has 11 heteroatoms. The van der Waals surface area contributed by atoms with Crippen LogP contribution in [0.25, 0.3) is 6.08 Å². The predicted octanol–water partition coefficient (Wildman–Crippen LogP) is 6.19. The van der Waals surface area contributed by atoms with E-state index in [1.807, 2.05) is 36.4 Å². The van der Waals surface area contributed by atoms with Crippen molar-refractivity contribution in [1.82, 2.24) is 0 Å². The number of esters is 2. The lowest BCUT2D eigenvalue weighted by atomic mass is 10.0. The molecule has 0 atom stereocenters. The van der Waals surface area contributed by atoms with Crippen molar-refractivity contribution in [1.29, 1.82) is 5.26 Å². The predicted molar refractivity (Wildman–Crippen MR) is 147 cm³/mol. The number of rotatable bonds is 11. The van der Waals surface area contributed by atoms with Crippen LogP contribution in [0, 0.1) is 28.4 Å². The topological polar surface area (TPSA) is 137 Å². The van der Waals surface area contributed by atoms with Crippen LogP contribution in [0.15, 0.2) is 63.9 Å². The Morgan fingerprint density at radius 2 is 1.74 bits per heavy atom. The van der Waals surface area contributed by atoms with Crippen molar-refractivity contribution in [3.8, 4) is 6.07 Å². The van der Waals surface area contributed by atoms with Crippen molar-refractivity contribution in [2.24, 2.45) is 0 Å². The maximum atomic E-state index is 13.1. The standard InChI is InChI=1S/C28H24N2O7S2/c1-4-36-27(32)25-17(3)26(28(33)37-5-2)39-24(25)15-22(31)19(16-29)13-18-11-12-23(21(14-18)30(34)35)38-20-9-7-6-8-10-20/h6-14H,4-5,15H2,1-3H3/b19-13-. The van der Waals surface area contributed by atoms with E-state index < -0.39 is 22.6 Å². The van der Waals surface area contributed by atoms with Gasteiger partial charge in [0.1, 0.15) is 10.9 Å². The third kappa shape index (κ3) is 7.19. The Hall–Kier alpha value is -4.27. The number of nitriles is 1. The number of allylic oxidation sites excluding steroid dienone is 1. The van der Waals surface area contributed by atoms with Crippen molar-refractivity contribution in [3.05, 3.63) is 90.7 Å². The van der Waals surface area contributed by atoms with E-state index in [2.05, 4.69) is 0 Å². The number of carbonyl (C=O) groups is 3. The summed E-state index contributed by atoms with van der Waals surface area (Å²) >= 11 is 2.16. The molecule has 0 saturated carbocycles. The molecule has 3 aromatic rings. The zero-order valence-electron chi connectivity index (χ0n) is 21.4. The molecule has 0 saturated heterocycles. The summed E-state index contributed by atoms with van der Waals surface area (Å²) in [6.07, 6.45) is 0.922. The van der Waals surface area contributed by atoms with Crippen molar-refractivity contribution < 1.29 is 28.8 Å². The molecule has 1 heterocycles. The van der Waals surface area contributed by atoms with Gasteiger partial charge >= 0.3 is 11.9 Å². The molecule has 9 nitrogen and oxygen atoms in total. The van der Waals surface area contributed by atoms with Crippen LogP contribution in [-0.2, 0) is 20.7 Å². The normalized spacial score (nSPS) is 11.0. The van der Waals surface area contributed by atoms with Gasteiger partial charge in [-0.3, -0.25) is 14.9 Å². The van der Waals surface area contributed by atoms with Crippen LogP contribution in [-0.4, -0.2) is 35.9 Å². The Kier molecular flexibility index (Phi) is 10.1. The summed E-state index contributed by atoms with van der Waals surface area (Å²) < 4.78 is 10.2. The lowest BCUT2D eigenvalue weighted by Crippen LogP contribution is -2.12. The molecule has 0 amide bonds. The summed E-state index contributed by atoms with van der Waals surface area (Å²) in [5.41, 5.74) is 0.299. The fourth-order valence-electron chi connectivity index (χ4n) is 3.61. The average molecular weight is 565 g/mol. The number of ketones is 1. The quantitative estimate of drug-likeness (QED) is 0.0877.